The van der Waals surface area contributed by atoms with Gasteiger partial charge in [0.1, 0.15) is 22.7 Å². The minimum Gasteiger partial charge on any atom is -0.477 e. The Balaban J connectivity index is 2.20. The van der Waals surface area contributed by atoms with Gasteiger partial charge in [0.15, 0.2) is 0 Å². The van der Waals surface area contributed by atoms with E-state index in [2.05, 4.69) is 19.9 Å². The van der Waals surface area contributed by atoms with Gasteiger partial charge in [0.05, 0.1) is 6.54 Å². The lowest BCUT2D eigenvalue weighted by Gasteiger charge is -2.01. The lowest BCUT2D eigenvalue weighted by Crippen LogP contribution is -2.23. The average molecular weight is 285 g/mol. The van der Waals surface area contributed by atoms with Gasteiger partial charge in [0.25, 0.3) is 0 Å². The van der Waals surface area contributed by atoms with E-state index in [-0.39, 0.29) is 17.1 Å². The number of carboxylic acid groups (broad SMARTS) is 1. The first-order valence-corrected chi connectivity index (χ1v) is 6.62. The van der Waals surface area contributed by atoms with Crippen LogP contribution in [0.25, 0.3) is 0 Å². The first-order valence-electron chi connectivity index (χ1n) is 5.14. The summed E-state index contributed by atoms with van der Waals surface area (Å²) in [5.41, 5.74) is -0.111. The maximum Gasteiger partial charge on any atom is 0.352 e. The van der Waals surface area contributed by atoms with Gasteiger partial charge in [-0.3, -0.25) is 5.10 Å². The van der Waals surface area contributed by atoms with Crippen molar-refractivity contribution in [3.05, 3.63) is 30.1 Å². The summed E-state index contributed by atoms with van der Waals surface area (Å²) in [6.07, 6.45) is 2.49. The van der Waals surface area contributed by atoms with Crippen molar-refractivity contribution in [1.82, 2.24) is 24.5 Å². The van der Waals surface area contributed by atoms with Crippen LogP contribution in [0.1, 0.15) is 16.3 Å². The first-order chi connectivity index (χ1) is 8.90. The SMILES string of the molecule is Cn1cc(S(=O)(=O)NCc2ncn[nH]2)cc1C(=O)O. The molecule has 0 aliphatic carbocycles. The Labute approximate surface area is 108 Å². The van der Waals surface area contributed by atoms with Crippen LogP contribution in [0.3, 0.4) is 0 Å². The van der Waals surface area contributed by atoms with Crippen molar-refractivity contribution in [2.75, 3.05) is 0 Å². The lowest BCUT2D eigenvalue weighted by atomic mass is 10.4. The molecule has 0 saturated carbocycles. The maximum absolute atomic E-state index is 11.9. The van der Waals surface area contributed by atoms with E-state index in [1.54, 1.807) is 0 Å². The molecular weight excluding hydrogens is 274 g/mol. The molecule has 2 aromatic rings. The third kappa shape index (κ3) is 2.80. The summed E-state index contributed by atoms with van der Waals surface area (Å²) in [5.74, 6) is -0.836. The number of aromatic nitrogens is 4. The Hall–Kier alpha value is -2.20. The van der Waals surface area contributed by atoms with Crippen LogP contribution in [0.5, 0.6) is 0 Å². The molecule has 0 spiro atoms. The van der Waals surface area contributed by atoms with Crippen LogP contribution in [0.15, 0.2) is 23.5 Å². The van der Waals surface area contributed by atoms with Gasteiger partial charge in [0, 0.05) is 13.2 Å². The standard InChI is InChI=1S/C9H11N5O4S/c1-14-4-6(2-7(14)9(15)16)19(17,18)12-3-8-10-5-11-13-8/h2,4-5,12H,3H2,1H3,(H,15,16)(H,10,11,13). The molecule has 0 aliphatic rings. The topological polar surface area (TPSA) is 130 Å². The second kappa shape index (κ2) is 4.82. The Morgan fingerprint density at radius 2 is 2.32 bits per heavy atom. The summed E-state index contributed by atoms with van der Waals surface area (Å²) in [6.45, 7) is -0.0559. The highest BCUT2D eigenvalue weighted by atomic mass is 32.2. The Morgan fingerprint density at radius 1 is 1.58 bits per heavy atom. The van der Waals surface area contributed by atoms with Crippen molar-refractivity contribution in [2.24, 2.45) is 7.05 Å². The van der Waals surface area contributed by atoms with Gasteiger partial charge < -0.3 is 9.67 Å². The summed E-state index contributed by atoms with van der Waals surface area (Å²) < 4.78 is 27.4. The van der Waals surface area contributed by atoms with Crippen LogP contribution in [-0.4, -0.2) is 39.2 Å². The van der Waals surface area contributed by atoms with Crippen LogP contribution < -0.4 is 4.72 Å². The fourth-order valence-corrected chi connectivity index (χ4v) is 2.51. The number of H-pyrrole nitrogens is 1. The molecule has 0 fully saturated rings. The molecule has 102 valence electrons. The van der Waals surface area contributed by atoms with E-state index in [4.69, 9.17) is 5.11 Å². The fourth-order valence-electron chi connectivity index (χ4n) is 1.46. The highest BCUT2D eigenvalue weighted by Gasteiger charge is 2.20. The molecule has 9 nitrogen and oxygen atoms in total. The van der Waals surface area contributed by atoms with Crippen LogP contribution >= 0.6 is 0 Å². The van der Waals surface area contributed by atoms with E-state index in [0.717, 1.165) is 6.07 Å². The number of hydrogen-bond donors (Lipinski definition) is 3. The molecule has 0 unspecified atom stereocenters. The minimum absolute atomic E-state index is 0.0559. The van der Waals surface area contributed by atoms with Crippen molar-refractivity contribution < 1.29 is 18.3 Å². The van der Waals surface area contributed by atoms with Crippen LogP contribution in [-0.2, 0) is 23.6 Å². The molecule has 0 amide bonds. The molecule has 0 saturated heterocycles. The fraction of sp³-hybridized carbons (Fsp3) is 0.222. The average Bonchev–Trinajstić information content (AvgIpc) is 2.95. The number of rotatable bonds is 5. The summed E-state index contributed by atoms with van der Waals surface area (Å²) in [5, 5.41) is 15.0. The quantitative estimate of drug-likeness (QED) is 0.667. The summed E-state index contributed by atoms with van der Waals surface area (Å²) in [7, 11) is -2.34. The number of hydrogen-bond acceptors (Lipinski definition) is 5. The van der Waals surface area contributed by atoms with Gasteiger partial charge in [-0.2, -0.15) is 5.10 Å². The maximum atomic E-state index is 11.9. The monoisotopic (exact) mass is 285 g/mol. The largest absolute Gasteiger partial charge is 0.477 e. The van der Waals surface area contributed by atoms with Crippen LogP contribution in [0.2, 0.25) is 0 Å². The second-order valence-electron chi connectivity index (χ2n) is 3.73. The van der Waals surface area contributed by atoms with Gasteiger partial charge >= 0.3 is 5.97 Å². The summed E-state index contributed by atoms with van der Waals surface area (Å²) in [4.78, 5) is 14.5. The lowest BCUT2D eigenvalue weighted by molar-refractivity contribution is 0.0686. The predicted octanol–water partition coefficient (Wildman–Crippen LogP) is -0.680. The van der Waals surface area contributed by atoms with Crippen molar-refractivity contribution >= 4 is 16.0 Å². The highest BCUT2D eigenvalue weighted by molar-refractivity contribution is 7.89. The van der Waals surface area contributed by atoms with E-state index >= 15 is 0 Å². The molecule has 0 atom stereocenters. The predicted molar refractivity (Wildman–Crippen MR) is 62.8 cm³/mol. The van der Waals surface area contributed by atoms with E-state index in [9.17, 15) is 13.2 Å². The zero-order valence-corrected chi connectivity index (χ0v) is 10.7. The second-order valence-corrected chi connectivity index (χ2v) is 5.50. The van der Waals surface area contributed by atoms with Gasteiger partial charge in [-0.05, 0) is 6.07 Å². The molecule has 2 heterocycles. The van der Waals surface area contributed by atoms with Crippen molar-refractivity contribution in [3.63, 3.8) is 0 Å². The smallest absolute Gasteiger partial charge is 0.352 e. The number of sulfonamides is 1. The molecule has 0 aromatic carbocycles. The highest BCUT2D eigenvalue weighted by Crippen LogP contribution is 2.13. The molecule has 2 aromatic heterocycles. The van der Waals surface area contributed by atoms with Gasteiger partial charge in [-0.15, -0.1) is 0 Å². The van der Waals surface area contributed by atoms with Crippen molar-refractivity contribution in [2.45, 2.75) is 11.4 Å². The summed E-state index contributed by atoms with van der Waals surface area (Å²) in [6, 6.07) is 1.09. The zero-order valence-electron chi connectivity index (χ0n) is 9.86. The third-order valence-electron chi connectivity index (χ3n) is 2.40. The first kappa shape index (κ1) is 13.2. The normalized spacial score (nSPS) is 11.6. The number of nitrogens with zero attached hydrogens (tertiary/aromatic N) is 3. The van der Waals surface area contributed by atoms with Crippen LogP contribution in [0, 0.1) is 0 Å². The minimum atomic E-state index is -3.79. The van der Waals surface area contributed by atoms with E-state index in [1.807, 2.05) is 0 Å². The van der Waals surface area contributed by atoms with Gasteiger partial charge in [-0.25, -0.2) is 22.9 Å². The van der Waals surface area contributed by atoms with E-state index < -0.39 is 16.0 Å². The van der Waals surface area contributed by atoms with Crippen LogP contribution in [0.4, 0.5) is 0 Å². The third-order valence-corrected chi connectivity index (χ3v) is 3.77. The number of nitrogens with one attached hydrogen (secondary N) is 2. The number of carboxylic acids is 1. The van der Waals surface area contributed by atoms with Gasteiger partial charge in [0.2, 0.25) is 10.0 Å². The number of aryl methyl sites for hydroxylation is 1. The number of aromatic amines is 1. The van der Waals surface area contributed by atoms with Crippen molar-refractivity contribution in [1.29, 1.82) is 0 Å². The zero-order chi connectivity index (χ0) is 14.0. The molecule has 2 rings (SSSR count). The molecule has 10 heteroatoms. The number of aromatic carboxylic acids is 1. The summed E-state index contributed by atoms with van der Waals surface area (Å²) >= 11 is 0. The Morgan fingerprint density at radius 3 is 2.84 bits per heavy atom. The molecule has 0 bridgehead atoms. The molecule has 0 aliphatic heterocycles. The number of carbonyl (C=O) groups is 1. The van der Waals surface area contributed by atoms with E-state index in [0.29, 0.717) is 5.82 Å². The molecule has 19 heavy (non-hydrogen) atoms. The molecular formula is C9H11N5O4S. The van der Waals surface area contributed by atoms with E-state index in [1.165, 1.54) is 24.1 Å². The Kier molecular flexibility index (Phi) is 3.36. The molecule has 3 N–H and O–H groups in total. The Bertz CT molecular complexity index is 688. The van der Waals surface area contributed by atoms with Gasteiger partial charge in [-0.1, -0.05) is 0 Å². The van der Waals surface area contributed by atoms with Crippen molar-refractivity contribution in [3.8, 4) is 0 Å². The molecule has 0 radical (unpaired) electrons.